The third kappa shape index (κ3) is 3.81. The molecule has 0 aliphatic heterocycles. The lowest BCUT2D eigenvalue weighted by Gasteiger charge is -2.23. The van der Waals surface area contributed by atoms with E-state index in [1.54, 1.807) is 17.0 Å². The molecule has 0 spiro atoms. The molecule has 4 heteroatoms. The molecule has 0 aliphatic carbocycles. The quantitative estimate of drug-likeness (QED) is 0.914. The van der Waals surface area contributed by atoms with Crippen LogP contribution in [0.2, 0.25) is 0 Å². The highest BCUT2D eigenvalue weighted by molar-refractivity contribution is 6.06. The number of carbonyl (C=O) groups excluding carboxylic acids is 1. The van der Waals surface area contributed by atoms with E-state index in [0.717, 1.165) is 24.2 Å². The number of aryl methyl sites for hydroxylation is 1. The van der Waals surface area contributed by atoms with Crippen LogP contribution >= 0.6 is 0 Å². The van der Waals surface area contributed by atoms with Gasteiger partial charge >= 0.3 is 0 Å². The van der Waals surface area contributed by atoms with Gasteiger partial charge in [0.2, 0.25) is 0 Å². The van der Waals surface area contributed by atoms with Gasteiger partial charge in [0.25, 0.3) is 5.91 Å². The molecular formula is C17H21N3O. The van der Waals surface area contributed by atoms with Crippen molar-refractivity contribution in [3.8, 4) is 0 Å². The molecule has 1 amide bonds. The predicted octanol–water partition coefficient (Wildman–Crippen LogP) is 3.42. The molecular weight excluding hydrogens is 262 g/mol. The molecule has 1 aromatic heterocycles. The zero-order valence-electron chi connectivity index (χ0n) is 12.5. The summed E-state index contributed by atoms with van der Waals surface area (Å²) in [6, 6.07) is 13.1. The molecule has 110 valence electrons. The van der Waals surface area contributed by atoms with Crippen molar-refractivity contribution < 1.29 is 4.79 Å². The minimum Gasteiger partial charge on any atom is -0.384 e. The van der Waals surface area contributed by atoms with Crippen molar-refractivity contribution >= 4 is 17.4 Å². The Bertz CT molecular complexity index is 590. The SMILES string of the molecule is CCCCN(C(=O)c1cc(C)nc(N)c1)c1ccccc1. The predicted molar refractivity (Wildman–Crippen MR) is 86.4 cm³/mol. The number of aromatic nitrogens is 1. The summed E-state index contributed by atoms with van der Waals surface area (Å²) in [6.45, 7) is 4.65. The fourth-order valence-corrected chi connectivity index (χ4v) is 2.25. The van der Waals surface area contributed by atoms with Crippen LogP contribution in [-0.4, -0.2) is 17.4 Å². The number of nitrogens with two attached hydrogens (primary N) is 1. The topological polar surface area (TPSA) is 59.2 Å². The van der Waals surface area contributed by atoms with E-state index in [1.165, 1.54) is 0 Å². The minimum absolute atomic E-state index is 0.0353. The normalized spacial score (nSPS) is 10.4. The number of nitrogen functional groups attached to an aromatic ring is 1. The summed E-state index contributed by atoms with van der Waals surface area (Å²) in [5.74, 6) is 0.341. The standard InChI is InChI=1S/C17H21N3O/c1-3-4-10-20(15-8-6-5-7-9-15)17(21)14-11-13(2)19-16(18)12-14/h5-9,11-12H,3-4,10H2,1-2H3,(H2,18,19). The second-order valence-electron chi connectivity index (χ2n) is 5.07. The van der Waals surface area contributed by atoms with E-state index in [2.05, 4.69) is 11.9 Å². The fraction of sp³-hybridized carbons (Fsp3) is 0.294. The highest BCUT2D eigenvalue weighted by Gasteiger charge is 2.18. The van der Waals surface area contributed by atoms with E-state index in [-0.39, 0.29) is 5.91 Å². The minimum atomic E-state index is -0.0353. The molecule has 4 nitrogen and oxygen atoms in total. The van der Waals surface area contributed by atoms with Crippen molar-refractivity contribution in [2.75, 3.05) is 17.2 Å². The fourth-order valence-electron chi connectivity index (χ4n) is 2.25. The van der Waals surface area contributed by atoms with Gasteiger partial charge in [-0.3, -0.25) is 4.79 Å². The van der Waals surface area contributed by atoms with Crippen molar-refractivity contribution in [2.24, 2.45) is 0 Å². The van der Waals surface area contributed by atoms with Gasteiger partial charge in [0.1, 0.15) is 5.82 Å². The lowest BCUT2D eigenvalue weighted by atomic mass is 10.1. The summed E-state index contributed by atoms with van der Waals surface area (Å²) in [5, 5.41) is 0. The van der Waals surface area contributed by atoms with Gasteiger partial charge in [-0.05, 0) is 37.6 Å². The first-order chi connectivity index (χ1) is 10.1. The molecule has 0 bridgehead atoms. The van der Waals surface area contributed by atoms with Crippen molar-refractivity contribution in [1.82, 2.24) is 4.98 Å². The molecule has 0 saturated heterocycles. The summed E-state index contributed by atoms with van der Waals surface area (Å²) >= 11 is 0. The Kier molecular flexibility index (Phi) is 4.93. The molecule has 21 heavy (non-hydrogen) atoms. The van der Waals surface area contributed by atoms with Crippen molar-refractivity contribution in [2.45, 2.75) is 26.7 Å². The number of carbonyl (C=O) groups is 1. The lowest BCUT2D eigenvalue weighted by molar-refractivity contribution is 0.0986. The third-order valence-electron chi connectivity index (χ3n) is 3.27. The number of hydrogen-bond donors (Lipinski definition) is 1. The van der Waals surface area contributed by atoms with Crippen LogP contribution in [0.25, 0.3) is 0 Å². The molecule has 0 fully saturated rings. The highest BCUT2D eigenvalue weighted by atomic mass is 16.2. The van der Waals surface area contributed by atoms with Gasteiger partial charge in [0.15, 0.2) is 0 Å². The van der Waals surface area contributed by atoms with Crippen molar-refractivity contribution in [1.29, 1.82) is 0 Å². The number of benzene rings is 1. The van der Waals surface area contributed by atoms with Gasteiger partial charge in [-0.25, -0.2) is 4.98 Å². The number of amides is 1. The third-order valence-corrected chi connectivity index (χ3v) is 3.27. The molecule has 0 aliphatic rings. The largest absolute Gasteiger partial charge is 0.384 e. The van der Waals surface area contributed by atoms with E-state index in [0.29, 0.717) is 17.9 Å². The number of hydrogen-bond acceptors (Lipinski definition) is 3. The maximum Gasteiger partial charge on any atom is 0.258 e. The Hall–Kier alpha value is -2.36. The van der Waals surface area contributed by atoms with Crippen LogP contribution in [0.1, 0.15) is 35.8 Å². The summed E-state index contributed by atoms with van der Waals surface area (Å²) in [7, 11) is 0. The van der Waals surface area contributed by atoms with Gasteiger partial charge in [-0.1, -0.05) is 31.5 Å². The molecule has 0 saturated carbocycles. The van der Waals surface area contributed by atoms with E-state index >= 15 is 0 Å². The van der Waals surface area contributed by atoms with Gasteiger partial charge in [0.05, 0.1) is 0 Å². The molecule has 1 aromatic carbocycles. The van der Waals surface area contributed by atoms with Crippen LogP contribution in [0.3, 0.4) is 0 Å². The zero-order chi connectivity index (χ0) is 15.2. The Morgan fingerprint density at radius 1 is 1.24 bits per heavy atom. The molecule has 2 N–H and O–H groups in total. The number of nitrogens with zero attached hydrogens (tertiary/aromatic N) is 2. The number of unbranched alkanes of at least 4 members (excludes halogenated alkanes) is 1. The second kappa shape index (κ2) is 6.88. The molecule has 0 atom stereocenters. The Morgan fingerprint density at radius 3 is 2.57 bits per heavy atom. The number of para-hydroxylation sites is 1. The maximum absolute atomic E-state index is 12.8. The average molecular weight is 283 g/mol. The zero-order valence-corrected chi connectivity index (χ0v) is 12.5. The Morgan fingerprint density at radius 2 is 1.95 bits per heavy atom. The molecule has 1 heterocycles. The first kappa shape index (κ1) is 15.0. The first-order valence-corrected chi connectivity index (χ1v) is 7.23. The van der Waals surface area contributed by atoms with Gasteiger partial charge in [0, 0.05) is 23.5 Å². The van der Waals surface area contributed by atoms with E-state index in [9.17, 15) is 4.79 Å². The summed E-state index contributed by atoms with van der Waals surface area (Å²) < 4.78 is 0. The number of pyridine rings is 1. The van der Waals surface area contributed by atoms with Crippen LogP contribution in [0.4, 0.5) is 11.5 Å². The van der Waals surface area contributed by atoms with E-state index < -0.39 is 0 Å². The van der Waals surface area contributed by atoms with Crippen LogP contribution < -0.4 is 10.6 Å². The highest BCUT2D eigenvalue weighted by Crippen LogP contribution is 2.19. The van der Waals surface area contributed by atoms with Crippen LogP contribution in [0, 0.1) is 6.92 Å². The number of anilines is 2. The molecule has 0 unspecified atom stereocenters. The molecule has 2 aromatic rings. The van der Waals surface area contributed by atoms with Crippen molar-refractivity contribution in [3.05, 3.63) is 53.7 Å². The Balaban J connectivity index is 2.33. The average Bonchev–Trinajstić information content (AvgIpc) is 2.47. The maximum atomic E-state index is 12.8. The van der Waals surface area contributed by atoms with Gasteiger partial charge in [-0.15, -0.1) is 0 Å². The van der Waals surface area contributed by atoms with E-state index in [1.807, 2.05) is 37.3 Å². The molecule has 2 rings (SSSR count). The second-order valence-corrected chi connectivity index (χ2v) is 5.07. The van der Waals surface area contributed by atoms with Crippen LogP contribution in [0.5, 0.6) is 0 Å². The summed E-state index contributed by atoms with van der Waals surface area (Å²) in [6.07, 6.45) is 1.99. The van der Waals surface area contributed by atoms with Gasteiger partial charge in [-0.2, -0.15) is 0 Å². The van der Waals surface area contributed by atoms with Gasteiger partial charge < -0.3 is 10.6 Å². The summed E-state index contributed by atoms with van der Waals surface area (Å²) in [4.78, 5) is 18.7. The number of rotatable bonds is 5. The molecule has 0 radical (unpaired) electrons. The smallest absolute Gasteiger partial charge is 0.258 e. The van der Waals surface area contributed by atoms with Crippen LogP contribution in [-0.2, 0) is 0 Å². The Labute approximate surface area is 125 Å². The first-order valence-electron chi connectivity index (χ1n) is 7.23. The monoisotopic (exact) mass is 283 g/mol. The van der Waals surface area contributed by atoms with Crippen LogP contribution in [0.15, 0.2) is 42.5 Å². The lowest BCUT2D eigenvalue weighted by Crippen LogP contribution is -2.32. The summed E-state index contributed by atoms with van der Waals surface area (Å²) in [5.41, 5.74) is 8.00. The van der Waals surface area contributed by atoms with Crippen molar-refractivity contribution in [3.63, 3.8) is 0 Å². The van der Waals surface area contributed by atoms with E-state index in [4.69, 9.17) is 5.73 Å².